The van der Waals surface area contributed by atoms with Crippen molar-refractivity contribution in [2.24, 2.45) is 11.8 Å². The van der Waals surface area contributed by atoms with Gasteiger partial charge in [0.05, 0.1) is 11.6 Å². The molecule has 1 aromatic rings. The van der Waals surface area contributed by atoms with Crippen LogP contribution in [0.5, 0.6) is 0 Å². The highest BCUT2D eigenvalue weighted by atomic mass is 19.2. The fraction of sp³-hybridized carbons (Fsp3) is 0.429. The highest BCUT2D eigenvalue weighted by Gasteiger charge is 2.41. The summed E-state index contributed by atoms with van der Waals surface area (Å²) in [6, 6.07) is 1.58. The number of hydrogen-bond donors (Lipinski definition) is 1. The third-order valence-electron chi connectivity index (χ3n) is 3.37. The minimum absolute atomic E-state index is 0.208. The quantitative estimate of drug-likeness (QED) is 0.687. The Labute approximate surface area is 119 Å². The van der Waals surface area contributed by atoms with E-state index in [2.05, 4.69) is 5.32 Å². The molecule has 7 heteroatoms. The minimum Gasteiger partial charge on any atom is -0.452 e. The van der Waals surface area contributed by atoms with Crippen LogP contribution in [0.25, 0.3) is 0 Å². The second-order valence-corrected chi connectivity index (χ2v) is 5.11. The Morgan fingerprint density at radius 3 is 2.48 bits per heavy atom. The largest absolute Gasteiger partial charge is 0.452 e. The summed E-state index contributed by atoms with van der Waals surface area (Å²) >= 11 is 0. The van der Waals surface area contributed by atoms with E-state index in [0.717, 1.165) is 6.07 Å². The van der Waals surface area contributed by atoms with Gasteiger partial charge in [-0.15, -0.1) is 0 Å². The van der Waals surface area contributed by atoms with Gasteiger partial charge in [-0.3, -0.25) is 9.59 Å². The summed E-state index contributed by atoms with van der Waals surface area (Å²) in [7, 11) is 0. The van der Waals surface area contributed by atoms with Crippen molar-refractivity contribution in [1.82, 2.24) is 0 Å². The Morgan fingerprint density at radius 2 is 1.90 bits per heavy atom. The maximum Gasteiger partial charge on any atom is 0.309 e. The van der Waals surface area contributed by atoms with Crippen molar-refractivity contribution in [3.63, 3.8) is 0 Å². The molecular formula is C14H14F3NO3. The molecule has 1 saturated carbocycles. The number of carbonyl (C=O) groups excluding carboxylic acids is 2. The fourth-order valence-electron chi connectivity index (χ4n) is 1.82. The van der Waals surface area contributed by atoms with Crippen molar-refractivity contribution in [2.45, 2.75) is 26.4 Å². The maximum absolute atomic E-state index is 13.4. The van der Waals surface area contributed by atoms with Crippen LogP contribution in [0, 0.1) is 29.3 Å². The lowest BCUT2D eigenvalue weighted by Gasteiger charge is -2.14. The Balaban J connectivity index is 1.97. The number of amides is 1. The average Bonchev–Trinajstić information content (AvgIpc) is 3.16. The molecule has 2 rings (SSSR count). The molecule has 0 spiro atoms. The zero-order valence-corrected chi connectivity index (χ0v) is 11.5. The number of benzene rings is 1. The SMILES string of the molecule is C[C@H](OC(=O)[C@@H]1C[C@H]1C)C(=O)Nc1ccc(F)c(F)c1F. The molecule has 0 saturated heterocycles. The first-order valence-corrected chi connectivity index (χ1v) is 6.46. The summed E-state index contributed by atoms with van der Waals surface area (Å²) < 4.78 is 44.1. The van der Waals surface area contributed by atoms with Gasteiger partial charge in [-0.2, -0.15) is 0 Å². The molecule has 1 amide bonds. The van der Waals surface area contributed by atoms with E-state index < -0.39 is 41.1 Å². The normalized spacial score (nSPS) is 21.6. The zero-order valence-electron chi connectivity index (χ0n) is 11.5. The van der Waals surface area contributed by atoms with Gasteiger partial charge in [0, 0.05) is 0 Å². The summed E-state index contributed by atoms with van der Waals surface area (Å²) in [6.07, 6.45) is -0.442. The number of ether oxygens (including phenoxy) is 1. The standard InChI is InChI=1S/C14H14F3NO3/c1-6-5-8(6)14(20)21-7(2)13(19)18-10-4-3-9(15)11(16)12(10)17/h3-4,6-8H,5H2,1-2H3,(H,18,19)/t6-,7+,8-/m1/s1. The van der Waals surface area contributed by atoms with Crippen LogP contribution < -0.4 is 5.32 Å². The molecule has 1 aromatic carbocycles. The third-order valence-corrected chi connectivity index (χ3v) is 3.37. The van der Waals surface area contributed by atoms with Gasteiger partial charge in [0.15, 0.2) is 23.6 Å². The van der Waals surface area contributed by atoms with Gasteiger partial charge in [-0.05, 0) is 31.4 Å². The van der Waals surface area contributed by atoms with Gasteiger partial charge in [-0.25, -0.2) is 13.2 Å². The van der Waals surface area contributed by atoms with Crippen molar-refractivity contribution in [1.29, 1.82) is 0 Å². The fourth-order valence-corrected chi connectivity index (χ4v) is 1.82. The maximum atomic E-state index is 13.4. The summed E-state index contributed by atoms with van der Waals surface area (Å²) in [4.78, 5) is 23.3. The topological polar surface area (TPSA) is 55.4 Å². The van der Waals surface area contributed by atoms with E-state index >= 15 is 0 Å². The predicted molar refractivity (Wildman–Crippen MR) is 67.8 cm³/mol. The molecule has 0 aliphatic heterocycles. The second-order valence-electron chi connectivity index (χ2n) is 5.11. The molecule has 1 fully saturated rings. The number of hydrogen-bond acceptors (Lipinski definition) is 3. The molecule has 0 unspecified atom stereocenters. The van der Waals surface area contributed by atoms with Gasteiger partial charge in [-0.1, -0.05) is 6.92 Å². The van der Waals surface area contributed by atoms with Crippen molar-refractivity contribution in [3.05, 3.63) is 29.6 Å². The van der Waals surface area contributed by atoms with E-state index in [4.69, 9.17) is 4.74 Å². The molecule has 0 radical (unpaired) electrons. The Hall–Kier alpha value is -2.05. The Bertz CT molecular complexity index is 591. The molecule has 21 heavy (non-hydrogen) atoms. The summed E-state index contributed by atoms with van der Waals surface area (Å²) in [5, 5.41) is 2.06. The van der Waals surface area contributed by atoms with E-state index in [1.165, 1.54) is 6.92 Å². The van der Waals surface area contributed by atoms with Gasteiger partial charge >= 0.3 is 5.97 Å². The van der Waals surface area contributed by atoms with Crippen LogP contribution in [0.4, 0.5) is 18.9 Å². The molecule has 0 aromatic heterocycles. The Kier molecular flexibility index (Phi) is 4.20. The van der Waals surface area contributed by atoms with Crippen LogP contribution in [0.15, 0.2) is 12.1 Å². The molecule has 114 valence electrons. The lowest BCUT2D eigenvalue weighted by molar-refractivity contribution is -0.154. The molecule has 4 nitrogen and oxygen atoms in total. The first-order chi connectivity index (χ1) is 9.81. The monoisotopic (exact) mass is 301 g/mol. The number of halogens is 3. The molecule has 1 aliphatic rings. The molecule has 1 N–H and O–H groups in total. The van der Waals surface area contributed by atoms with Crippen LogP contribution in [0.1, 0.15) is 20.3 Å². The first kappa shape index (κ1) is 15.3. The summed E-state index contributed by atoms with van der Waals surface area (Å²) in [6.45, 7) is 3.20. The van der Waals surface area contributed by atoms with Crippen molar-refractivity contribution in [3.8, 4) is 0 Å². The second kappa shape index (κ2) is 5.75. The van der Waals surface area contributed by atoms with E-state index in [1.807, 2.05) is 6.92 Å². The number of nitrogens with one attached hydrogen (secondary N) is 1. The van der Waals surface area contributed by atoms with Crippen molar-refractivity contribution in [2.75, 3.05) is 5.32 Å². The number of anilines is 1. The van der Waals surface area contributed by atoms with Gasteiger partial charge in [0.2, 0.25) is 0 Å². The van der Waals surface area contributed by atoms with E-state index in [1.54, 1.807) is 0 Å². The zero-order chi connectivity index (χ0) is 15.7. The van der Waals surface area contributed by atoms with E-state index in [-0.39, 0.29) is 11.8 Å². The lowest BCUT2D eigenvalue weighted by atomic mass is 10.2. The third kappa shape index (κ3) is 3.34. The van der Waals surface area contributed by atoms with Crippen LogP contribution >= 0.6 is 0 Å². The molecule has 0 heterocycles. The lowest BCUT2D eigenvalue weighted by Crippen LogP contribution is -2.31. The average molecular weight is 301 g/mol. The molecular weight excluding hydrogens is 287 g/mol. The number of esters is 1. The van der Waals surface area contributed by atoms with Gasteiger partial charge < -0.3 is 10.1 Å². The highest BCUT2D eigenvalue weighted by molar-refractivity contribution is 5.95. The molecule has 0 bridgehead atoms. The van der Waals surface area contributed by atoms with E-state index in [0.29, 0.717) is 12.5 Å². The van der Waals surface area contributed by atoms with Crippen LogP contribution in [-0.4, -0.2) is 18.0 Å². The summed E-state index contributed by atoms with van der Waals surface area (Å²) in [5.41, 5.74) is -0.512. The first-order valence-electron chi connectivity index (χ1n) is 6.46. The number of rotatable bonds is 4. The summed E-state index contributed by atoms with van der Waals surface area (Å²) in [5.74, 6) is -5.82. The van der Waals surface area contributed by atoms with E-state index in [9.17, 15) is 22.8 Å². The predicted octanol–water partition coefficient (Wildman–Crippen LogP) is 2.63. The highest BCUT2D eigenvalue weighted by Crippen LogP contribution is 2.38. The van der Waals surface area contributed by atoms with Gasteiger partial charge in [0.1, 0.15) is 0 Å². The Morgan fingerprint density at radius 1 is 1.29 bits per heavy atom. The molecule has 1 aliphatic carbocycles. The van der Waals surface area contributed by atoms with Crippen molar-refractivity contribution < 1.29 is 27.5 Å². The molecule has 3 atom stereocenters. The smallest absolute Gasteiger partial charge is 0.309 e. The van der Waals surface area contributed by atoms with Crippen molar-refractivity contribution >= 4 is 17.6 Å². The van der Waals surface area contributed by atoms with Crippen LogP contribution in [-0.2, 0) is 14.3 Å². The minimum atomic E-state index is -1.68. The van der Waals surface area contributed by atoms with Gasteiger partial charge in [0.25, 0.3) is 5.91 Å². The van der Waals surface area contributed by atoms with Crippen LogP contribution in [0.2, 0.25) is 0 Å². The number of carbonyl (C=O) groups is 2. The van der Waals surface area contributed by atoms with Crippen LogP contribution in [0.3, 0.4) is 0 Å².